The van der Waals surface area contributed by atoms with Crippen LogP contribution in [0.2, 0.25) is 0 Å². The van der Waals surface area contributed by atoms with Crippen LogP contribution in [0.1, 0.15) is 25.7 Å². The summed E-state index contributed by atoms with van der Waals surface area (Å²) in [5.74, 6) is 0.271. The molecule has 2 aliphatic heterocycles. The smallest absolute Gasteiger partial charge is 0.236 e. The molecule has 2 aliphatic rings. The lowest BCUT2D eigenvalue weighted by molar-refractivity contribution is -0.132. The molecule has 0 aromatic heterocycles. The van der Waals surface area contributed by atoms with Crippen LogP contribution in [-0.2, 0) is 9.53 Å². The second-order valence-electron chi connectivity index (χ2n) is 5.69. The molecule has 5 heteroatoms. The number of nitrogens with zero attached hydrogens (tertiary/aromatic N) is 2. The van der Waals surface area contributed by atoms with Gasteiger partial charge in [0.15, 0.2) is 0 Å². The monoisotopic (exact) mass is 269 g/mol. The number of hydrogen-bond donors (Lipinski definition) is 1. The third kappa shape index (κ3) is 5.09. The standard InChI is InChI=1S/C14H27N3O2/c1-16(11-13-10-15-6-9-19-13)12-14(18)17-7-4-2-3-5-8-17/h13,15H,2-12H2,1H3. The molecule has 2 rings (SSSR count). The first kappa shape index (κ1) is 14.8. The van der Waals surface area contributed by atoms with E-state index in [0.29, 0.717) is 6.54 Å². The fourth-order valence-corrected chi connectivity index (χ4v) is 2.80. The van der Waals surface area contributed by atoms with E-state index in [2.05, 4.69) is 10.2 Å². The van der Waals surface area contributed by atoms with Gasteiger partial charge in [-0.15, -0.1) is 0 Å². The molecular formula is C14H27N3O2. The number of carbonyl (C=O) groups excluding carboxylic acids is 1. The second kappa shape index (κ2) is 7.82. The second-order valence-corrected chi connectivity index (χ2v) is 5.69. The molecule has 2 saturated heterocycles. The van der Waals surface area contributed by atoms with Gasteiger partial charge >= 0.3 is 0 Å². The van der Waals surface area contributed by atoms with E-state index in [-0.39, 0.29) is 12.0 Å². The number of morpholine rings is 1. The zero-order chi connectivity index (χ0) is 13.5. The molecule has 1 atom stereocenters. The summed E-state index contributed by atoms with van der Waals surface area (Å²) in [6, 6.07) is 0. The SMILES string of the molecule is CN(CC(=O)N1CCCCCC1)CC1CNCCO1. The highest BCUT2D eigenvalue weighted by Gasteiger charge is 2.20. The molecule has 110 valence electrons. The van der Waals surface area contributed by atoms with Crippen molar-refractivity contribution in [2.45, 2.75) is 31.8 Å². The molecule has 0 aromatic rings. The topological polar surface area (TPSA) is 44.8 Å². The maximum atomic E-state index is 12.2. The summed E-state index contributed by atoms with van der Waals surface area (Å²) in [6.45, 7) is 5.82. The van der Waals surface area contributed by atoms with Gasteiger partial charge in [-0.1, -0.05) is 12.8 Å². The van der Waals surface area contributed by atoms with Crippen LogP contribution in [0.3, 0.4) is 0 Å². The maximum absolute atomic E-state index is 12.2. The molecule has 0 aliphatic carbocycles. The Balaban J connectivity index is 1.70. The van der Waals surface area contributed by atoms with Crippen molar-refractivity contribution in [1.29, 1.82) is 0 Å². The molecule has 5 nitrogen and oxygen atoms in total. The Morgan fingerprint density at radius 2 is 2.05 bits per heavy atom. The first-order valence-electron chi connectivity index (χ1n) is 7.54. The highest BCUT2D eigenvalue weighted by atomic mass is 16.5. The summed E-state index contributed by atoms with van der Waals surface area (Å²) in [5.41, 5.74) is 0. The minimum atomic E-state index is 0.218. The van der Waals surface area contributed by atoms with Gasteiger partial charge in [-0.3, -0.25) is 9.69 Å². The van der Waals surface area contributed by atoms with Crippen LogP contribution in [0, 0.1) is 0 Å². The molecule has 1 N–H and O–H groups in total. The Labute approximate surface area is 116 Å². The van der Waals surface area contributed by atoms with E-state index in [1.807, 2.05) is 11.9 Å². The largest absolute Gasteiger partial charge is 0.374 e. The van der Waals surface area contributed by atoms with Crippen LogP contribution in [0.25, 0.3) is 0 Å². The number of rotatable bonds is 4. The Bertz CT molecular complexity index is 272. The van der Waals surface area contributed by atoms with Gasteiger partial charge in [-0.25, -0.2) is 0 Å². The molecule has 0 bridgehead atoms. The average molecular weight is 269 g/mol. The van der Waals surface area contributed by atoms with Crippen LogP contribution in [-0.4, -0.2) is 74.7 Å². The van der Waals surface area contributed by atoms with E-state index in [0.717, 1.165) is 52.2 Å². The zero-order valence-corrected chi connectivity index (χ0v) is 12.1. The van der Waals surface area contributed by atoms with Crippen LogP contribution >= 0.6 is 0 Å². The van der Waals surface area contributed by atoms with Crippen molar-refractivity contribution in [2.24, 2.45) is 0 Å². The lowest BCUT2D eigenvalue weighted by Gasteiger charge is -2.29. The lowest BCUT2D eigenvalue weighted by Crippen LogP contribution is -2.47. The van der Waals surface area contributed by atoms with Crippen molar-refractivity contribution in [2.75, 3.05) is 52.9 Å². The number of likely N-dealkylation sites (N-methyl/N-ethyl adjacent to an activating group) is 1. The van der Waals surface area contributed by atoms with Gasteiger partial charge < -0.3 is 15.0 Å². The highest BCUT2D eigenvalue weighted by molar-refractivity contribution is 5.78. The fraction of sp³-hybridized carbons (Fsp3) is 0.929. The van der Waals surface area contributed by atoms with E-state index in [1.165, 1.54) is 12.8 Å². The van der Waals surface area contributed by atoms with Crippen LogP contribution in [0.15, 0.2) is 0 Å². The van der Waals surface area contributed by atoms with Crippen molar-refractivity contribution in [1.82, 2.24) is 15.1 Å². The summed E-state index contributed by atoms with van der Waals surface area (Å²) in [4.78, 5) is 16.4. The molecule has 1 amide bonds. The maximum Gasteiger partial charge on any atom is 0.236 e. The van der Waals surface area contributed by atoms with Crippen molar-refractivity contribution in [3.63, 3.8) is 0 Å². The van der Waals surface area contributed by atoms with E-state index in [1.54, 1.807) is 0 Å². The predicted octanol–water partition coefficient (Wildman–Crippen LogP) is 0.309. The molecule has 0 aromatic carbocycles. The summed E-state index contributed by atoms with van der Waals surface area (Å²) < 4.78 is 5.67. The van der Waals surface area contributed by atoms with Crippen molar-refractivity contribution >= 4 is 5.91 Å². The zero-order valence-electron chi connectivity index (χ0n) is 12.1. The number of hydrogen-bond acceptors (Lipinski definition) is 4. The normalized spacial score (nSPS) is 25.4. The van der Waals surface area contributed by atoms with Crippen molar-refractivity contribution in [3.8, 4) is 0 Å². The summed E-state index contributed by atoms with van der Waals surface area (Å²) in [6.07, 6.45) is 5.06. The highest BCUT2D eigenvalue weighted by Crippen LogP contribution is 2.10. The predicted molar refractivity (Wildman–Crippen MR) is 75.2 cm³/mol. The molecule has 0 spiro atoms. The Kier molecular flexibility index (Phi) is 6.07. The summed E-state index contributed by atoms with van der Waals surface area (Å²) in [5, 5.41) is 3.32. The molecule has 0 radical (unpaired) electrons. The molecule has 0 saturated carbocycles. The van der Waals surface area contributed by atoms with Crippen molar-refractivity contribution < 1.29 is 9.53 Å². The summed E-state index contributed by atoms with van der Waals surface area (Å²) in [7, 11) is 2.01. The first-order chi connectivity index (χ1) is 9.25. The third-order valence-corrected chi connectivity index (χ3v) is 3.88. The average Bonchev–Trinajstić information content (AvgIpc) is 2.68. The van der Waals surface area contributed by atoms with Gasteiger partial charge in [0.1, 0.15) is 0 Å². The number of carbonyl (C=O) groups is 1. The van der Waals surface area contributed by atoms with E-state index >= 15 is 0 Å². The van der Waals surface area contributed by atoms with Gasteiger partial charge in [0.05, 0.1) is 19.3 Å². The number of likely N-dealkylation sites (tertiary alicyclic amines) is 1. The molecule has 2 fully saturated rings. The van der Waals surface area contributed by atoms with Gasteiger partial charge in [0.2, 0.25) is 5.91 Å². The Morgan fingerprint density at radius 1 is 1.32 bits per heavy atom. The van der Waals surface area contributed by atoms with Crippen LogP contribution < -0.4 is 5.32 Å². The van der Waals surface area contributed by atoms with E-state index in [9.17, 15) is 4.79 Å². The van der Waals surface area contributed by atoms with Crippen molar-refractivity contribution in [3.05, 3.63) is 0 Å². The molecule has 1 unspecified atom stereocenters. The first-order valence-corrected chi connectivity index (χ1v) is 7.54. The quantitative estimate of drug-likeness (QED) is 0.798. The van der Waals surface area contributed by atoms with Gasteiger partial charge in [0, 0.05) is 32.7 Å². The summed E-state index contributed by atoms with van der Waals surface area (Å²) >= 11 is 0. The van der Waals surface area contributed by atoms with Gasteiger partial charge in [0.25, 0.3) is 0 Å². The van der Waals surface area contributed by atoms with E-state index < -0.39 is 0 Å². The Morgan fingerprint density at radius 3 is 2.68 bits per heavy atom. The van der Waals surface area contributed by atoms with Gasteiger partial charge in [-0.2, -0.15) is 0 Å². The molecular weight excluding hydrogens is 242 g/mol. The molecule has 2 heterocycles. The van der Waals surface area contributed by atoms with Crippen LogP contribution in [0.4, 0.5) is 0 Å². The number of nitrogens with one attached hydrogen (secondary N) is 1. The van der Waals surface area contributed by atoms with Gasteiger partial charge in [-0.05, 0) is 19.9 Å². The van der Waals surface area contributed by atoms with E-state index in [4.69, 9.17) is 4.74 Å². The number of ether oxygens (including phenoxy) is 1. The fourth-order valence-electron chi connectivity index (χ4n) is 2.80. The van der Waals surface area contributed by atoms with Crippen LogP contribution in [0.5, 0.6) is 0 Å². The Hall–Kier alpha value is -0.650. The number of amides is 1. The minimum Gasteiger partial charge on any atom is -0.374 e. The molecule has 19 heavy (non-hydrogen) atoms. The lowest BCUT2D eigenvalue weighted by atomic mass is 10.2. The third-order valence-electron chi connectivity index (χ3n) is 3.88. The minimum absolute atomic E-state index is 0.218.